The number of nitrogens with one attached hydrogen (secondary N) is 2. The van der Waals surface area contributed by atoms with Gasteiger partial charge in [0.15, 0.2) is 0 Å². The molecule has 0 radical (unpaired) electrons. The molecule has 1 fully saturated rings. The van der Waals surface area contributed by atoms with Gasteiger partial charge in [-0.25, -0.2) is 13.1 Å². The lowest BCUT2D eigenvalue weighted by atomic mass is 10.0. The molecule has 1 saturated carbocycles. The number of sulfonamides is 1. The number of rotatable bonds is 9. The summed E-state index contributed by atoms with van der Waals surface area (Å²) in [5.41, 5.74) is 0.234. The Balaban J connectivity index is 2.03. The van der Waals surface area contributed by atoms with Gasteiger partial charge in [-0.1, -0.05) is 20.3 Å². The molecule has 2 rings (SSSR count). The first kappa shape index (κ1) is 16.9. The molecule has 1 heterocycles. The second kappa shape index (κ2) is 6.77. The molecule has 0 amide bonds. The highest BCUT2D eigenvalue weighted by Gasteiger charge is 2.42. The molecule has 0 bridgehead atoms. The Morgan fingerprint density at radius 2 is 2.05 bits per heavy atom. The van der Waals surface area contributed by atoms with Crippen LogP contribution in [-0.2, 0) is 16.6 Å². The molecule has 120 valence electrons. The quantitative estimate of drug-likeness (QED) is 0.732. The van der Waals surface area contributed by atoms with Crippen molar-refractivity contribution in [2.24, 2.45) is 5.41 Å². The van der Waals surface area contributed by atoms with E-state index in [1.165, 1.54) is 0 Å². The fourth-order valence-electron chi connectivity index (χ4n) is 2.67. The zero-order valence-corrected chi connectivity index (χ0v) is 14.8. The lowest BCUT2D eigenvalue weighted by molar-refractivity contribution is 0.449. The van der Waals surface area contributed by atoms with Crippen molar-refractivity contribution in [3.63, 3.8) is 0 Å². The minimum atomic E-state index is -3.37. The Morgan fingerprint density at radius 1 is 1.33 bits per heavy atom. The van der Waals surface area contributed by atoms with Gasteiger partial charge in [0.1, 0.15) is 0 Å². The smallest absolute Gasteiger partial charge is 0.241 e. The first-order chi connectivity index (χ1) is 9.92. The summed E-state index contributed by atoms with van der Waals surface area (Å²) in [4.78, 5) is 2.40. The molecule has 0 saturated heterocycles. The standard InChI is InChI=1S/C15H26N2O2S2/c1-4-6-15(7-8-15)11-17-21(18,19)14-9-13(10-16-5-2)20-12(14)3/h9,16-17H,4-8,10-11H2,1-3H3. The maximum absolute atomic E-state index is 12.5. The van der Waals surface area contributed by atoms with E-state index in [9.17, 15) is 8.42 Å². The van der Waals surface area contributed by atoms with Crippen molar-refractivity contribution < 1.29 is 8.42 Å². The fourth-order valence-corrected chi connectivity index (χ4v) is 5.43. The van der Waals surface area contributed by atoms with Gasteiger partial charge in [-0.15, -0.1) is 11.3 Å². The van der Waals surface area contributed by atoms with Crippen LogP contribution in [-0.4, -0.2) is 21.5 Å². The Morgan fingerprint density at radius 3 is 2.62 bits per heavy atom. The van der Waals surface area contributed by atoms with Gasteiger partial charge in [-0.3, -0.25) is 0 Å². The highest BCUT2D eigenvalue weighted by atomic mass is 32.2. The van der Waals surface area contributed by atoms with E-state index in [0.717, 1.165) is 48.5 Å². The molecule has 2 N–H and O–H groups in total. The highest BCUT2D eigenvalue weighted by Crippen LogP contribution is 2.49. The Hall–Kier alpha value is -0.430. The van der Waals surface area contributed by atoms with Crippen LogP contribution in [0, 0.1) is 12.3 Å². The van der Waals surface area contributed by atoms with Gasteiger partial charge in [0.25, 0.3) is 0 Å². The maximum Gasteiger partial charge on any atom is 0.241 e. The van der Waals surface area contributed by atoms with Crippen LogP contribution in [0.25, 0.3) is 0 Å². The number of thiophene rings is 1. The third-order valence-electron chi connectivity index (χ3n) is 4.14. The van der Waals surface area contributed by atoms with Crippen LogP contribution >= 0.6 is 11.3 Å². The third kappa shape index (κ3) is 4.28. The van der Waals surface area contributed by atoms with E-state index >= 15 is 0 Å². The van der Waals surface area contributed by atoms with E-state index in [4.69, 9.17) is 0 Å². The van der Waals surface area contributed by atoms with Crippen molar-refractivity contribution in [1.82, 2.24) is 10.0 Å². The van der Waals surface area contributed by atoms with Crippen molar-refractivity contribution in [2.75, 3.05) is 13.1 Å². The summed E-state index contributed by atoms with van der Waals surface area (Å²) >= 11 is 1.56. The summed E-state index contributed by atoms with van der Waals surface area (Å²) in [6.07, 6.45) is 4.53. The molecule has 1 aliphatic rings. The van der Waals surface area contributed by atoms with Crippen LogP contribution in [0.1, 0.15) is 49.3 Å². The molecule has 0 aliphatic heterocycles. The van der Waals surface area contributed by atoms with Gasteiger partial charge in [-0.05, 0) is 44.2 Å². The molecular weight excluding hydrogens is 304 g/mol. The summed E-state index contributed by atoms with van der Waals surface area (Å²) < 4.78 is 27.8. The second-order valence-electron chi connectivity index (χ2n) is 5.99. The van der Waals surface area contributed by atoms with E-state index < -0.39 is 10.0 Å². The normalized spacial score (nSPS) is 17.1. The average Bonchev–Trinajstić information content (AvgIpc) is 3.09. The molecule has 4 nitrogen and oxygen atoms in total. The molecule has 0 atom stereocenters. The lowest BCUT2D eigenvalue weighted by Gasteiger charge is -2.15. The number of hydrogen-bond acceptors (Lipinski definition) is 4. The van der Waals surface area contributed by atoms with Crippen molar-refractivity contribution in [2.45, 2.75) is 57.9 Å². The molecule has 1 aliphatic carbocycles. The second-order valence-corrected chi connectivity index (χ2v) is 9.06. The van der Waals surface area contributed by atoms with Crippen LogP contribution < -0.4 is 10.0 Å². The van der Waals surface area contributed by atoms with Crippen LogP contribution in [0.3, 0.4) is 0 Å². The van der Waals surface area contributed by atoms with Gasteiger partial charge in [0.05, 0.1) is 4.90 Å². The monoisotopic (exact) mass is 330 g/mol. The Kier molecular flexibility index (Phi) is 5.46. The lowest BCUT2D eigenvalue weighted by Crippen LogP contribution is -2.30. The highest BCUT2D eigenvalue weighted by molar-refractivity contribution is 7.89. The van der Waals surface area contributed by atoms with E-state index in [1.807, 2.05) is 19.9 Å². The van der Waals surface area contributed by atoms with E-state index in [0.29, 0.717) is 11.4 Å². The maximum atomic E-state index is 12.5. The summed E-state index contributed by atoms with van der Waals surface area (Å²) in [5.74, 6) is 0. The average molecular weight is 331 g/mol. The summed E-state index contributed by atoms with van der Waals surface area (Å²) in [7, 11) is -3.37. The number of hydrogen-bond donors (Lipinski definition) is 2. The minimum Gasteiger partial charge on any atom is -0.312 e. The van der Waals surface area contributed by atoms with E-state index in [2.05, 4.69) is 17.0 Å². The first-order valence-electron chi connectivity index (χ1n) is 7.72. The van der Waals surface area contributed by atoms with Gasteiger partial charge in [0.2, 0.25) is 10.0 Å². The van der Waals surface area contributed by atoms with Gasteiger partial charge in [0, 0.05) is 22.8 Å². The van der Waals surface area contributed by atoms with Crippen molar-refractivity contribution in [3.05, 3.63) is 15.8 Å². The van der Waals surface area contributed by atoms with Crippen LogP contribution in [0.2, 0.25) is 0 Å². The first-order valence-corrected chi connectivity index (χ1v) is 10.0. The molecule has 0 aromatic carbocycles. The largest absolute Gasteiger partial charge is 0.312 e. The zero-order valence-electron chi connectivity index (χ0n) is 13.2. The molecule has 6 heteroatoms. The SMILES string of the molecule is CCCC1(CNS(=O)(=O)c2cc(CNCC)sc2C)CC1. The van der Waals surface area contributed by atoms with E-state index in [-0.39, 0.29) is 5.41 Å². The topological polar surface area (TPSA) is 58.2 Å². The molecule has 0 spiro atoms. The van der Waals surface area contributed by atoms with Crippen molar-refractivity contribution in [1.29, 1.82) is 0 Å². The molecule has 1 aromatic heterocycles. The van der Waals surface area contributed by atoms with Crippen molar-refractivity contribution >= 4 is 21.4 Å². The predicted octanol–water partition coefficient (Wildman–Crippen LogP) is 3.02. The predicted molar refractivity (Wildman–Crippen MR) is 88.2 cm³/mol. The third-order valence-corrected chi connectivity index (χ3v) is 6.84. The van der Waals surface area contributed by atoms with Crippen LogP contribution in [0.4, 0.5) is 0 Å². The molecule has 1 aromatic rings. The number of aryl methyl sites for hydroxylation is 1. The van der Waals surface area contributed by atoms with Gasteiger partial charge >= 0.3 is 0 Å². The Bertz CT molecular complexity index is 574. The van der Waals surface area contributed by atoms with Gasteiger partial charge in [-0.2, -0.15) is 0 Å². The fraction of sp³-hybridized carbons (Fsp3) is 0.733. The van der Waals surface area contributed by atoms with Crippen LogP contribution in [0.15, 0.2) is 11.0 Å². The zero-order chi connectivity index (χ0) is 15.5. The van der Waals surface area contributed by atoms with Gasteiger partial charge < -0.3 is 5.32 Å². The summed E-state index contributed by atoms with van der Waals surface area (Å²) in [5, 5.41) is 3.23. The van der Waals surface area contributed by atoms with Crippen molar-refractivity contribution in [3.8, 4) is 0 Å². The summed E-state index contributed by atoms with van der Waals surface area (Å²) in [6, 6.07) is 1.81. The Labute approximate surface area is 132 Å². The van der Waals surface area contributed by atoms with E-state index in [1.54, 1.807) is 11.3 Å². The van der Waals surface area contributed by atoms with Crippen LogP contribution in [0.5, 0.6) is 0 Å². The minimum absolute atomic E-state index is 0.234. The summed E-state index contributed by atoms with van der Waals surface area (Å²) in [6.45, 7) is 8.29. The molecule has 0 unspecified atom stereocenters. The molecular formula is C15H26N2O2S2. The molecule has 21 heavy (non-hydrogen) atoms.